The normalized spacial score (nSPS) is 13.1. The molecule has 15 heavy (non-hydrogen) atoms. The molecule has 0 aliphatic heterocycles. The molecule has 0 aliphatic carbocycles. The summed E-state index contributed by atoms with van der Waals surface area (Å²) in [7, 11) is 0. The molecule has 2 nitrogen and oxygen atoms in total. The fraction of sp³-hybridized carbons (Fsp3) is 0.500. The van der Waals surface area contributed by atoms with Gasteiger partial charge >= 0.3 is 0 Å². The van der Waals surface area contributed by atoms with E-state index >= 15 is 0 Å². The van der Waals surface area contributed by atoms with Gasteiger partial charge < -0.3 is 10.4 Å². The molecule has 1 rings (SSSR count). The van der Waals surface area contributed by atoms with Crippen molar-refractivity contribution in [3.8, 4) is 0 Å². The van der Waals surface area contributed by atoms with Crippen molar-refractivity contribution < 1.29 is 5.11 Å². The second-order valence-corrected chi connectivity index (χ2v) is 5.04. The van der Waals surface area contributed by atoms with E-state index in [1.165, 1.54) is 0 Å². The highest BCUT2D eigenvalue weighted by atomic mass is 79.9. The van der Waals surface area contributed by atoms with Crippen LogP contribution in [0.5, 0.6) is 0 Å². The minimum Gasteiger partial charge on any atom is -0.387 e. The summed E-state index contributed by atoms with van der Waals surface area (Å²) < 4.78 is 1.04. The molecule has 0 amide bonds. The summed E-state index contributed by atoms with van der Waals surface area (Å²) in [5.41, 5.74) is 0.953. The summed E-state index contributed by atoms with van der Waals surface area (Å²) in [4.78, 5) is 0. The quantitative estimate of drug-likeness (QED) is 0.863. The van der Waals surface area contributed by atoms with Crippen molar-refractivity contribution in [1.29, 1.82) is 0 Å². The van der Waals surface area contributed by atoms with E-state index in [0.29, 0.717) is 12.5 Å². The second kappa shape index (κ2) is 6.26. The number of halogens is 1. The molecule has 0 aliphatic rings. The van der Waals surface area contributed by atoms with Gasteiger partial charge in [-0.3, -0.25) is 0 Å². The van der Waals surface area contributed by atoms with Crippen LogP contribution >= 0.6 is 15.9 Å². The lowest BCUT2D eigenvalue weighted by Crippen LogP contribution is -2.25. The molecule has 1 atom stereocenters. The highest BCUT2D eigenvalue weighted by Gasteiger charge is 2.06. The molecule has 0 radical (unpaired) electrons. The molecular weight excluding hydrogens is 254 g/mol. The van der Waals surface area contributed by atoms with Crippen molar-refractivity contribution in [1.82, 2.24) is 5.32 Å². The van der Waals surface area contributed by atoms with E-state index < -0.39 is 6.10 Å². The molecule has 0 fully saturated rings. The summed E-state index contributed by atoms with van der Waals surface area (Å²) >= 11 is 3.37. The average Bonchev–Trinajstić information content (AvgIpc) is 2.18. The summed E-state index contributed by atoms with van der Waals surface area (Å²) in [6, 6.07) is 7.76. The maximum absolute atomic E-state index is 9.85. The molecule has 3 heteroatoms. The Kier molecular flexibility index (Phi) is 5.29. The van der Waals surface area contributed by atoms with E-state index in [-0.39, 0.29) is 0 Å². The first-order valence-corrected chi connectivity index (χ1v) is 6.03. The Morgan fingerprint density at radius 2 is 1.80 bits per heavy atom. The molecule has 2 N–H and O–H groups in total. The molecule has 0 heterocycles. The topological polar surface area (TPSA) is 32.3 Å². The largest absolute Gasteiger partial charge is 0.387 e. The molecule has 1 unspecified atom stereocenters. The smallest absolute Gasteiger partial charge is 0.0914 e. The number of aliphatic hydroxyl groups excluding tert-OH is 1. The third-order valence-electron chi connectivity index (χ3n) is 2.15. The Labute approximate surface area is 99.8 Å². The van der Waals surface area contributed by atoms with E-state index in [0.717, 1.165) is 16.6 Å². The van der Waals surface area contributed by atoms with Crippen LogP contribution in [0, 0.1) is 5.92 Å². The van der Waals surface area contributed by atoms with Crippen LogP contribution in [0.25, 0.3) is 0 Å². The second-order valence-electron chi connectivity index (χ2n) is 4.12. The van der Waals surface area contributed by atoms with Crippen LogP contribution in [0.1, 0.15) is 25.5 Å². The van der Waals surface area contributed by atoms with Crippen LogP contribution < -0.4 is 5.32 Å². The lowest BCUT2D eigenvalue weighted by Gasteiger charge is -2.13. The Hall–Kier alpha value is -0.380. The summed E-state index contributed by atoms with van der Waals surface area (Å²) in [6.45, 7) is 5.85. The van der Waals surface area contributed by atoms with Gasteiger partial charge in [0.15, 0.2) is 0 Å². The van der Waals surface area contributed by atoms with Crippen LogP contribution in [-0.2, 0) is 0 Å². The van der Waals surface area contributed by atoms with Crippen molar-refractivity contribution in [2.45, 2.75) is 20.0 Å². The molecule has 0 saturated carbocycles. The number of aliphatic hydroxyl groups is 1. The maximum atomic E-state index is 9.85. The number of hydrogen-bond acceptors (Lipinski definition) is 2. The van der Waals surface area contributed by atoms with Gasteiger partial charge in [-0.05, 0) is 30.2 Å². The standard InChI is InChI=1S/C12H18BrNO/c1-9(2)7-14-8-12(15)10-3-5-11(13)6-4-10/h3-6,9,12,14-15H,7-8H2,1-2H3. The third-order valence-corrected chi connectivity index (χ3v) is 2.67. The Balaban J connectivity index is 2.40. The van der Waals surface area contributed by atoms with Crippen molar-refractivity contribution in [3.05, 3.63) is 34.3 Å². The summed E-state index contributed by atoms with van der Waals surface area (Å²) in [5, 5.41) is 13.1. The van der Waals surface area contributed by atoms with E-state index in [4.69, 9.17) is 0 Å². The van der Waals surface area contributed by atoms with Gasteiger partial charge in [-0.25, -0.2) is 0 Å². The highest BCUT2D eigenvalue weighted by molar-refractivity contribution is 9.10. The number of nitrogens with one attached hydrogen (secondary N) is 1. The van der Waals surface area contributed by atoms with Crippen molar-refractivity contribution in [2.24, 2.45) is 5.92 Å². The highest BCUT2D eigenvalue weighted by Crippen LogP contribution is 2.16. The van der Waals surface area contributed by atoms with Gasteiger partial charge in [-0.1, -0.05) is 41.9 Å². The van der Waals surface area contributed by atoms with Gasteiger partial charge in [0, 0.05) is 11.0 Å². The van der Waals surface area contributed by atoms with Crippen molar-refractivity contribution >= 4 is 15.9 Å². The molecule has 0 saturated heterocycles. The van der Waals surface area contributed by atoms with Gasteiger partial charge in [-0.15, -0.1) is 0 Å². The molecule has 1 aromatic rings. The van der Waals surface area contributed by atoms with Gasteiger partial charge in [-0.2, -0.15) is 0 Å². The maximum Gasteiger partial charge on any atom is 0.0914 e. The monoisotopic (exact) mass is 271 g/mol. The zero-order valence-electron chi connectivity index (χ0n) is 9.20. The first kappa shape index (κ1) is 12.7. The molecule has 1 aromatic carbocycles. The predicted molar refractivity (Wildman–Crippen MR) is 66.8 cm³/mol. The van der Waals surface area contributed by atoms with Crippen molar-refractivity contribution in [3.63, 3.8) is 0 Å². The van der Waals surface area contributed by atoms with Gasteiger partial charge in [0.05, 0.1) is 6.10 Å². The van der Waals surface area contributed by atoms with E-state index in [2.05, 4.69) is 35.1 Å². The minimum absolute atomic E-state index is 0.420. The Morgan fingerprint density at radius 1 is 1.20 bits per heavy atom. The lowest BCUT2D eigenvalue weighted by molar-refractivity contribution is 0.173. The zero-order chi connectivity index (χ0) is 11.3. The lowest BCUT2D eigenvalue weighted by atomic mass is 10.1. The summed E-state index contributed by atoms with van der Waals surface area (Å²) in [5.74, 6) is 0.613. The predicted octanol–water partition coefficient (Wildman–Crippen LogP) is 2.73. The number of hydrogen-bond donors (Lipinski definition) is 2. The first-order chi connectivity index (χ1) is 7.09. The van der Waals surface area contributed by atoms with Crippen LogP contribution in [-0.4, -0.2) is 18.2 Å². The third kappa shape index (κ3) is 4.78. The van der Waals surface area contributed by atoms with Crippen LogP contribution in [0.15, 0.2) is 28.7 Å². The average molecular weight is 272 g/mol. The van der Waals surface area contributed by atoms with Gasteiger partial charge in [0.2, 0.25) is 0 Å². The number of benzene rings is 1. The number of rotatable bonds is 5. The van der Waals surface area contributed by atoms with E-state index in [1.807, 2.05) is 24.3 Å². The fourth-order valence-electron chi connectivity index (χ4n) is 1.31. The Bertz CT molecular complexity index is 284. The molecule has 0 aromatic heterocycles. The van der Waals surface area contributed by atoms with Crippen LogP contribution in [0.3, 0.4) is 0 Å². The fourth-order valence-corrected chi connectivity index (χ4v) is 1.58. The molecule has 0 bridgehead atoms. The van der Waals surface area contributed by atoms with Gasteiger partial charge in [0.25, 0.3) is 0 Å². The molecule has 0 spiro atoms. The van der Waals surface area contributed by atoms with Gasteiger partial charge in [0.1, 0.15) is 0 Å². The Morgan fingerprint density at radius 3 is 2.33 bits per heavy atom. The minimum atomic E-state index is -0.420. The van der Waals surface area contributed by atoms with E-state index in [9.17, 15) is 5.11 Å². The molecular formula is C12H18BrNO. The first-order valence-electron chi connectivity index (χ1n) is 5.24. The SMILES string of the molecule is CC(C)CNCC(O)c1ccc(Br)cc1. The zero-order valence-corrected chi connectivity index (χ0v) is 10.8. The van der Waals surface area contributed by atoms with Crippen molar-refractivity contribution in [2.75, 3.05) is 13.1 Å². The van der Waals surface area contributed by atoms with Crippen LogP contribution in [0.4, 0.5) is 0 Å². The molecule has 84 valence electrons. The summed E-state index contributed by atoms with van der Waals surface area (Å²) in [6.07, 6.45) is -0.420. The van der Waals surface area contributed by atoms with Crippen LogP contribution in [0.2, 0.25) is 0 Å². The van der Waals surface area contributed by atoms with E-state index in [1.54, 1.807) is 0 Å².